The van der Waals surface area contributed by atoms with E-state index in [-0.39, 0.29) is 11.9 Å². The first kappa shape index (κ1) is 20.8. The van der Waals surface area contributed by atoms with Gasteiger partial charge in [-0.25, -0.2) is 4.79 Å². The normalized spacial score (nSPS) is 28.5. The van der Waals surface area contributed by atoms with Crippen molar-refractivity contribution >= 4 is 11.9 Å². The Morgan fingerprint density at radius 3 is 2.32 bits per heavy atom. The third-order valence-corrected chi connectivity index (χ3v) is 8.17. The van der Waals surface area contributed by atoms with Crippen molar-refractivity contribution < 1.29 is 9.59 Å². The maximum absolute atomic E-state index is 12.9. The number of fused-ring (bicyclic) bond motifs is 1. The van der Waals surface area contributed by atoms with Crippen LogP contribution in [0.5, 0.6) is 0 Å². The van der Waals surface area contributed by atoms with Crippen molar-refractivity contribution in [2.45, 2.75) is 82.5 Å². The third kappa shape index (κ3) is 4.07. The van der Waals surface area contributed by atoms with Crippen LogP contribution in [-0.2, 0) is 0 Å². The highest BCUT2D eigenvalue weighted by Gasteiger charge is 2.44. The molecule has 3 heterocycles. The first-order valence-electron chi connectivity index (χ1n) is 12.3. The Morgan fingerprint density at radius 1 is 0.903 bits per heavy atom. The van der Waals surface area contributed by atoms with Gasteiger partial charge in [0.1, 0.15) is 0 Å². The van der Waals surface area contributed by atoms with Crippen LogP contribution in [0.1, 0.15) is 67.3 Å². The number of urea groups is 1. The Bertz CT molecular complexity index is 811. The van der Waals surface area contributed by atoms with Crippen LogP contribution in [0.2, 0.25) is 0 Å². The molecular weight excluding hydrogens is 388 g/mol. The highest BCUT2D eigenvalue weighted by atomic mass is 16.2. The van der Waals surface area contributed by atoms with Crippen molar-refractivity contribution in [2.75, 3.05) is 26.2 Å². The summed E-state index contributed by atoms with van der Waals surface area (Å²) in [4.78, 5) is 32.4. The van der Waals surface area contributed by atoms with Gasteiger partial charge in [0.05, 0.1) is 12.1 Å². The lowest BCUT2D eigenvalue weighted by molar-refractivity contribution is 0.0471. The number of rotatable bonds is 3. The molecule has 0 unspecified atom stereocenters. The van der Waals surface area contributed by atoms with E-state index in [9.17, 15) is 9.59 Å². The van der Waals surface area contributed by atoms with Gasteiger partial charge in [-0.2, -0.15) is 0 Å². The lowest BCUT2D eigenvalue weighted by atomic mass is 9.89. The first-order chi connectivity index (χ1) is 15.1. The number of carbonyl (C=O) groups excluding carboxylic acids is 2. The second kappa shape index (κ2) is 8.81. The van der Waals surface area contributed by atoms with Crippen LogP contribution in [0.4, 0.5) is 4.79 Å². The van der Waals surface area contributed by atoms with Crippen molar-refractivity contribution in [3.63, 3.8) is 0 Å². The quantitative estimate of drug-likeness (QED) is 0.809. The number of likely N-dealkylation sites (tertiary alicyclic amines) is 2. The Hall–Kier alpha value is -2.08. The van der Waals surface area contributed by atoms with E-state index in [1.807, 2.05) is 36.1 Å². The summed E-state index contributed by atoms with van der Waals surface area (Å²) in [6, 6.07) is 9.85. The van der Waals surface area contributed by atoms with Gasteiger partial charge in [-0.05, 0) is 57.1 Å². The molecule has 3 saturated heterocycles. The minimum absolute atomic E-state index is 0.178. The monoisotopic (exact) mass is 424 g/mol. The second-order valence-electron chi connectivity index (χ2n) is 9.92. The second-order valence-corrected chi connectivity index (χ2v) is 9.92. The zero-order valence-electron chi connectivity index (χ0n) is 18.8. The molecule has 1 saturated carbocycles. The van der Waals surface area contributed by atoms with Crippen molar-refractivity contribution in [1.29, 1.82) is 0 Å². The van der Waals surface area contributed by atoms with Crippen LogP contribution >= 0.6 is 0 Å². The number of amides is 3. The van der Waals surface area contributed by atoms with Gasteiger partial charge in [0.25, 0.3) is 5.91 Å². The average Bonchev–Trinajstić information content (AvgIpc) is 3.15. The summed E-state index contributed by atoms with van der Waals surface area (Å²) in [6.07, 6.45) is 9.08. The lowest BCUT2D eigenvalue weighted by Gasteiger charge is -2.44. The molecular formula is C25H36N4O2. The van der Waals surface area contributed by atoms with E-state index in [2.05, 4.69) is 15.1 Å². The van der Waals surface area contributed by atoms with E-state index in [0.717, 1.165) is 75.8 Å². The highest BCUT2D eigenvalue weighted by molar-refractivity contribution is 5.95. The molecule has 6 nitrogen and oxygen atoms in total. The number of hydrogen-bond acceptors (Lipinski definition) is 3. The number of benzene rings is 1. The predicted octanol–water partition coefficient (Wildman–Crippen LogP) is 3.40. The van der Waals surface area contributed by atoms with Crippen LogP contribution in [-0.4, -0.2) is 77.0 Å². The molecule has 1 aromatic rings. The Labute approximate surface area is 185 Å². The number of hydrogen-bond donors (Lipinski definition) is 1. The summed E-state index contributed by atoms with van der Waals surface area (Å²) in [7, 11) is 0. The zero-order chi connectivity index (χ0) is 21.4. The summed E-state index contributed by atoms with van der Waals surface area (Å²) >= 11 is 0. The molecule has 31 heavy (non-hydrogen) atoms. The Morgan fingerprint density at radius 2 is 1.58 bits per heavy atom. The van der Waals surface area contributed by atoms with Crippen LogP contribution in [0.15, 0.2) is 24.3 Å². The standard InChI is InChI=1S/C25H36N4O2/c1-18-6-2-3-7-21(18)24(30)28-16-10-19(11-17-28)27-14-12-20(13-15-27)29-23-9-5-4-8-22(23)26-25(29)31/h2-3,6-7,19-20,22-23H,4-5,8-17H2,1H3,(H,26,31)/t22-,23-/m0/s1. The van der Waals surface area contributed by atoms with E-state index in [1.54, 1.807) is 0 Å². The zero-order valence-corrected chi connectivity index (χ0v) is 18.8. The molecule has 0 spiro atoms. The number of nitrogens with one attached hydrogen (secondary N) is 1. The third-order valence-electron chi connectivity index (χ3n) is 8.17. The smallest absolute Gasteiger partial charge is 0.318 e. The molecule has 4 fully saturated rings. The minimum Gasteiger partial charge on any atom is -0.339 e. The molecule has 3 amide bonds. The number of aryl methyl sites for hydroxylation is 1. The molecule has 5 rings (SSSR count). The van der Waals surface area contributed by atoms with Crippen molar-refractivity contribution in [2.24, 2.45) is 0 Å². The number of nitrogens with zero attached hydrogens (tertiary/aromatic N) is 3. The van der Waals surface area contributed by atoms with E-state index in [4.69, 9.17) is 0 Å². The summed E-state index contributed by atoms with van der Waals surface area (Å²) in [5.41, 5.74) is 1.90. The number of piperidine rings is 2. The largest absolute Gasteiger partial charge is 0.339 e. The van der Waals surface area contributed by atoms with Crippen LogP contribution in [0.3, 0.4) is 0 Å². The molecule has 0 radical (unpaired) electrons. The van der Waals surface area contributed by atoms with Crippen LogP contribution in [0.25, 0.3) is 0 Å². The topological polar surface area (TPSA) is 55.9 Å². The molecule has 6 heteroatoms. The van der Waals surface area contributed by atoms with Crippen molar-refractivity contribution in [3.8, 4) is 0 Å². The van der Waals surface area contributed by atoms with E-state index in [1.165, 1.54) is 12.8 Å². The van der Waals surface area contributed by atoms with Crippen LogP contribution in [0, 0.1) is 6.92 Å². The first-order valence-corrected chi connectivity index (χ1v) is 12.3. The molecule has 168 valence electrons. The molecule has 0 bridgehead atoms. The fraction of sp³-hybridized carbons (Fsp3) is 0.680. The maximum Gasteiger partial charge on any atom is 0.318 e. The summed E-state index contributed by atoms with van der Waals surface area (Å²) in [6.45, 7) is 5.84. The van der Waals surface area contributed by atoms with E-state index < -0.39 is 0 Å². The van der Waals surface area contributed by atoms with Gasteiger partial charge in [0, 0.05) is 43.8 Å². The lowest BCUT2D eigenvalue weighted by Crippen LogP contribution is -2.53. The van der Waals surface area contributed by atoms with Gasteiger partial charge in [0.15, 0.2) is 0 Å². The Balaban J connectivity index is 1.13. The van der Waals surface area contributed by atoms with Gasteiger partial charge in [0.2, 0.25) is 0 Å². The predicted molar refractivity (Wildman–Crippen MR) is 121 cm³/mol. The highest BCUT2D eigenvalue weighted by Crippen LogP contribution is 2.33. The van der Waals surface area contributed by atoms with Gasteiger partial charge in [-0.1, -0.05) is 31.0 Å². The SMILES string of the molecule is Cc1ccccc1C(=O)N1CCC(N2CCC(N3C(=O)N[C@H]4CCCC[C@@H]43)CC2)CC1. The maximum atomic E-state index is 12.9. The molecule has 2 atom stereocenters. The molecule has 1 aromatic carbocycles. The van der Waals surface area contributed by atoms with E-state index in [0.29, 0.717) is 24.2 Å². The van der Waals surface area contributed by atoms with Crippen molar-refractivity contribution in [3.05, 3.63) is 35.4 Å². The molecule has 4 aliphatic rings. The van der Waals surface area contributed by atoms with Gasteiger partial charge < -0.3 is 20.0 Å². The van der Waals surface area contributed by atoms with Crippen molar-refractivity contribution in [1.82, 2.24) is 20.0 Å². The van der Waals surface area contributed by atoms with Gasteiger partial charge in [-0.15, -0.1) is 0 Å². The average molecular weight is 425 g/mol. The summed E-state index contributed by atoms with van der Waals surface area (Å²) < 4.78 is 0. The number of carbonyl (C=O) groups is 2. The molecule has 1 N–H and O–H groups in total. The summed E-state index contributed by atoms with van der Waals surface area (Å²) in [5.74, 6) is 0.178. The minimum atomic E-state index is 0.178. The molecule has 3 aliphatic heterocycles. The van der Waals surface area contributed by atoms with Gasteiger partial charge >= 0.3 is 6.03 Å². The fourth-order valence-electron chi connectivity index (χ4n) is 6.38. The van der Waals surface area contributed by atoms with E-state index >= 15 is 0 Å². The fourth-order valence-corrected chi connectivity index (χ4v) is 6.38. The molecule has 0 aromatic heterocycles. The van der Waals surface area contributed by atoms with Gasteiger partial charge in [-0.3, -0.25) is 4.79 Å². The summed E-state index contributed by atoms with van der Waals surface area (Å²) in [5, 5.41) is 3.25. The Kier molecular flexibility index (Phi) is 5.91. The van der Waals surface area contributed by atoms with Crippen LogP contribution < -0.4 is 5.32 Å². The molecule has 1 aliphatic carbocycles.